The first kappa shape index (κ1) is 22.6. The number of piperidine rings is 1. The van der Waals surface area contributed by atoms with Crippen LogP contribution < -0.4 is 16.0 Å². The lowest BCUT2D eigenvalue weighted by Gasteiger charge is -2.36. The third-order valence-electron chi connectivity index (χ3n) is 6.52. The summed E-state index contributed by atoms with van der Waals surface area (Å²) < 4.78 is 0. The van der Waals surface area contributed by atoms with Crippen molar-refractivity contribution in [3.8, 4) is 0 Å². The van der Waals surface area contributed by atoms with Gasteiger partial charge in [-0.2, -0.15) is 0 Å². The number of carbonyl (C=O) groups is 1. The van der Waals surface area contributed by atoms with Crippen LogP contribution in [-0.4, -0.2) is 63.1 Å². The zero-order valence-corrected chi connectivity index (χ0v) is 18.8. The topological polar surface area (TPSA) is 68.8 Å². The van der Waals surface area contributed by atoms with Gasteiger partial charge in [-0.15, -0.1) is 0 Å². The Kier molecular flexibility index (Phi) is 9.00. The molecular weight excluding hydrogens is 374 g/mol. The number of amides is 1. The van der Waals surface area contributed by atoms with Gasteiger partial charge in [0.15, 0.2) is 5.96 Å². The zero-order chi connectivity index (χ0) is 21.2. The van der Waals surface area contributed by atoms with Gasteiger partial charge in [0.25, 0.3) is 5.91 Å². The quantitative estimate of drug-likeness (QED) is 0.475. The van der Waals surface area contributed by atoms with Crippen molar-refractivity contribution in [2.45, 2.75) is 57.4 Å². The van der Waals surface area contributed by atoms with Crippen LogP contribution in [-0.2, 0) is 6.42 Å². The minimum absolute atomic E-state index is 0.0443. The largest absolute Gasteiger partial charge is 0.356 e. The molecule has 3 rings (SSSR count). The summed E-state index contributed by atoms with van der Waals surface area (Å²) in [5.41, 5.74) is 1.85. The molecule has 1 aliphatic carbocycles. The molecular formula is C24H39N5O. The number of nitrogens with one attached hydrogen (secondary N) is 3. The monoisotopic (exact) mass is 413 g/mol. The lowest BCUT2D eigenvalue weighted by atomic mass is 9.88. The summed E-state index contributed by atoms with van der Waals surface area (Å²) in [7, 11) is 3.49. The van der Waals surface area contributed by atoms with Gasteiger partial charge < -0.3 is 20.9 Å². The predicted molar refractivity (Wildman–Crippen MR) is 124 cm³/mol. The van der Waals surface area contributed by atoms with Crippen molar-refractivity contribution >= 4 is 11.9 Å². The lowest BCUT2D eigenvalue weighted by molar-refractivity contribution is 0.0963. The summed E-state index contributed by atoms with van der Waals surface area (Å²) in [6.07, 6.45) is 10.4. The SMILES string of the molecule is CN=C(NCCc1cccc(C(=O)NC)c1)NC1CCN(CC2CCCCC2)CC1. The normalized spacial score (nSPS) is 19.5. The van der Waals surface area contributed by atoms with E-state index in [0.717, 1.165) is 30.4 Å². The van der Waals surface area contributed by atoms with Crippen LogP contribution in [0.5, 0.6) is 0 Å². The minimum atomic E-state index is -0.0443. The second-order valence-electron chi connectivity index (χ2n) is 8.75. The smallest absolute Gasteiger partial charge is 0.251 e. The number of nitrogens with zero attached hydrogens (tertiary/aromatic N) is 2. The van der Waals surface area contributed by atoms with Crippen LogP contribution in [0.2, 0.25) is 0 Å². The maximum Gasteiger partial charge on any atom is 0.251 e. The molecule has 1 aromatic rings. The molecule has 1 heterocycles. The van der Waals surface area contributed by atoms with E-state index in [1.165, 1.54) is 64.6 Å². The third kappa shape index (κ3) is 7.01. The number of hydrogen-bond donors (Lipinski definition) is 3. The number of guanidine groups is 1. The van der Waals surface area contributed by atoms with Crippen molar-refractivity contribution < 1.29 is 4.79 Å². The van der Waals surface area contributed by atoms with Gasteiger partial charge in [-0.3, -0.25) is 9.79 Å². The van der Waals surface area contributed by atoms with E-state index in [2.05, 4.69) is 31.9 Å². The van der Waals surface area contributed by atoms with Crippen LogP contribution in [0.25, 0.3) is 0 Å². The van der Waals surface area contributed by atoms with E-state index in [4.69, 9.17) is 0 Å². The predicted octanol–water partition coefficient (Wildman–Crippen LogP) is 2.80. The molecule has 1 aliphatic heterocycles. The number of likely N-dealkylation sites (tertiary alicyclic amines) is 1. The highest BCUT2D eigenvalue weighted by Crippen LogP contribution is 2.25. The Morgan fingerprint density at radius 3 is 2.60 bits per heavy atom. The van der Waals surface area contributed by atoms with Crippen molar-refractivity contribution in [1.82, 2.24) is 20.9 Å². The first-order chi connectivity index (χ1) is 14.7. The van der Waals surface area contributed by atoms with E-state index < -0.39 is 0 Å². The van der Waals surface area contributed by atoms with Gasteiger partial charge in [0.05, 0.1) is 0 Å². The molecule has 30 heavy (non-hydrogen) atoms. The molecule has 0 unspecified atom stereocenters. The van der Waals surface area contributed by atoms with Crippen molar-refractivity contribution in [3.63, 3.8) is 0 Å². The lowest BCUT2D eigenvalue weighted by Crippen LogP contribution is -2.49. The molecule has 1 saturated carbocycles. The van der Waals surface area contributed by atoms with Crippen LogP contribution >= 0.6 is 0 Å². The molecule has 166 valence electrons. The summed E-state index contributed by atoms with van der Waals surface area (Å²) in [5.74, 6) is 1.76. The summed E-state index contributed by atoms with van der Waals surface area (Å²) in [5, 5.41) is 9.71. The van der Waals surface area contributed by atoms with Gasteiger partial charge in [0.2, 0.25) is 0 Å². The van der Waals surface area contributed by atoms with Crippen molar-refractivity contribution in [3.05, 3.63) is 35.4 Å². The highest BCUT2D eigenvalue weighted by molar-refractivity contribution is 5.94. The van der Waals surface area contributed by atoms with E-state index in [9.17, 15) is 4.79 Å². The van der Waals surface area contributed by atoms with Crippen molar-refractivity contribution in [2.75, 3.05) is 40.3 Å². The number of carbonyl (C=O) groups excluding carboxylic acids is 1. The van der Waals surface area contributed by atoms with Crippen LogP contribution in [0, 0.1) is 5.92 Å². The Bertz CT molecular complexity index is 691. The fourth-order valence-electron chi connectivity index (χ4n) is 4.72. The summed E-state index contributed by atoms with van der Waals surface area (Å²) in [4.78, 5) is 18.9. The van der Waals surface area contributed by atoms with Crippen LogP contribution in [0.3, 0.4) is 0 Å². The first-order valence-corrected chi connectivity index (χ1v) is 11.7. The third-order valence-corrected chi connectivity index (χ3v) is 6.52. The molecule has 0 aromatic heterocycles. The molecule has 2 fully saturated rings. The molecule has 0 spiro atoms. The van der Waals surface area contributed by atoms with Crippen molar-refractivity contribution in [1.29, 1.82) is 0 Å². The Morgan fingerprint density at radius 2 is 1.90 bits per heavy atom. The summed E-state index contributed by atoms with van der Waals surface area (Å²) in [6.45, 7) is 4.47. The first-order valence-electron chi connectivity index (χ1n) is 11.7. The number of rotatable bonds is 7. The Morgan fingerprint density at radius 1 is 1.13 bits per heavy atom. The highest BCUT2D eigenvalue weighted by Gasteiger charge is 2.23. The molecule has 3 N–H and O–H groups in total. The average molecular weight is 414 g/mol. The molecule has 2 aliphatic rings. The standard InChI is InChI=1S/C24H39N5O/c1-25-23(30)21-10-6-9-19(17-21)11-14-27-24(26-2)28-22-12-15-29(16-13-22)18-20-7-4-3-5-8-20/h6,9-10,17,20,22H,3-5,7-8,11-16,18H2,1-2H3,(H,25,30)(H2,26,27,28). The Balaban J connectivity index is 1.36. The van der Waals surface area contributed by atoms with Gasteiger partial charge in [-0.25, -0.2) is 0 Å². The minimum Gasteiger partial charge on any atom is -0.356 e. The van der Waals surface area contributed by atoms with Crippen LogP contribution in [0.4, 0.5) is 0 Å². The summed E-state index contributed by atoms with van der Waals surface area (Å²) in [6, 6.07) is 8.30. The number of hydrogen-bond acceptors (Lipinski definition) is 3. The van der Waals surface area contributed by atoms with Gasteiger partial charge in [-0.05, 0) is 55.7 Å². The molecule has 6 heteroatoms. The fraction of sp³-hybridized carbons (Fsp3) is 0.667. The van der Waals surface area contributed by atoms with Gasteiger partial charge in [0, 0.05) is 51.9 Å². The molecule has 0 bridgehead atoms. The van der Waals surface area contributed by atoms with E-state index in [0.29, 0.717) is 11.6 Å². The van der Waals surface area contributed by atoms with Crippen LogP contribution in [0.15, 0.2) is 29.3 Å². The number of benzene rings is 1. The van der Waals surface area contributed by atoms with E-state index in [1.807, 2.05) is 25.2 Å². The number of aliphatic imine (C=N–C) groups is 1. The van der Waals surface area contributed by atoms with Crippen LogP contribution in [0.1, 0.15) is 60.9 Å². The van der Waals surface area contributed by atoms with E-state index in [-0.39, 0.29) is 5.91 Å². The van der Waals surface area contributed by atoms with Crippen molar-refractivity contribution in [2.24, 2.45) is 10.9 Å². The summed E-state index contributed by atoms with van der Waals surface area (Å²) >= 11 is 0. The Labute approximate surface area is 181 Å². The molecule has 1 amide bonds. The van der Waals surface area contributed by atoms with Gasteiger partial charge >= 0.3 is 0 Å². The second-order valence-corrected chi connectivity index (χ2v) is 8.75. The van der Waals surface area contributed by atoms with Gasteiger partial charge in [0.1, 0.15) is 0 Å². The van der Waals surface area contributed by atoms with E-state index >= 15 is 0 Å². The molecule has 1 saturated heterocycles. The molecule has 0 radical (unpaired) electrons. The second kappa shape index (κ2) is 11.9. The average Bonchev–Trinajstić information content (AvgIpc) is 2.80. The van der Waals surface area contributed by atoms with E-state index in [1.54, 1.807) is 7.05 Å². The molecule has 1 aromatic carbocycles. The maximum atomic E-state index is 11.8. The maximum absolute atomic E-state index is 11.8. The zero-order valence-electron chi connectivity index (χ0n) is 18.8. The molecule has 0 atom stereocenters. The molecule has 6 nitrogen and oxygen atoms in total. The highest BCUT2D eigenvalue weighted by atomic mass is 16.1. The Hall–Kier alpha value is -2.08. The van der Waals surface area contributed by atoms with Gasteiger partial charge in [-0.1, -0.05) is 31.4 Å². The fourth-order valence-corrected chi connectivity index (χ4v) is 4.72.